The van der Waals surface area contributed by atoms with E-state index in [4.69, 9.17) is 16.0 Å². The first-order chi connectivity index (χ1) is 12.6. The first kappa shape index (κ1) is 16.8. The molecule has 26 heavy (non-hydrogen) atoms. The Kier molecular flexibility index (Phi) is 4.49. The second-order valence-corrected chi connectivity index (χ2v) is 6.91. The summed E-state index contributed by atoms with van der Waals surface area (Å²) in [5.41, 5.74) is 2.38. The van der Waals surface area contributed by atoms with Crippen molar-refractivity contribution >= 4 is 33.3 Å². The molecule has 0 radical (unpaired) electrons. The van der Waals surface area contributed by atoms with Crippen molar-refractivity contribution in [2.24, 2.45) is 0 Å². The minimum Gasteiger partial charge on any atom is -0.423 e. The SMILES string of the molecule is C[C@H]([NH2+]Cc1cc(=O)oc2ccc3ccccc3c12)c1ccccc1Cl. The molecule has 4 heteroatoms. The van der Waals surface area contributed by atoms with E-state index in [1.165, 1.54) is 0 Å². The molecule has 0 saturated heterocycles. The van der Waals surface area contributed by atoms with Crippen molar-refractivity contribution in [2.45, 2.75) is 19.5 Å². The summed E-state index contributed by atoms with van der Waals surface area (Å²) in [6.45, 7) is 2.79. The zero-order valence-electron chi connectivity index (χ0n) is 14.4. The van der Waals surface area contributed by atoms with Gasteiger partial charge in [-0.2, -0.15) is 0 Å². The summed E-state index contributed by atoms with van der Waals surface area (Å²) in [5.74, 6) is 0. The Labute approximate surface area is 156 Å². The molecule has 0 spiro atoms. The molecular formula is C22H19ClNO2+. The summed E-state index contributed by atoms with van der Waals surface area (Å²) in [7, 11) is 0. The number of quaternary nitrogens is 1. The molecule has 0 unspecified atom stereocenters. The molecule has 4 aromatic rings. The Bertz CT molecular complexity index is 1150. The van der Waals surface area contributed by atoms with Gasteiger partial charge in [-0.15, -0.1) is 0 Å². The molecule has 0 saturated carbocycles. The maximum atomic E-state index is 12.0. The van der Waals surface area contributed by atoms with Gasteiger partial charge in [0.1, 0.15) is 18.2 Å². The summed E-state index contributed by atoms with van der Waals surface area (Å²) in [6.07, 6.45) is 0. The van der Waals surface area contributed by atoms with E-state index in [1.54, 1.807) is 6.07 Å². The Hall–Kier alpha value is -2.62. The van der Waals surface area contributed by atoms with Gasteiger partial charge in [0, 0.05) is 27.6 Å². The molecule has 3 aromatic carbocycles. The number of benzene rings is 3. The highest BCUT2D eigenvalue weighted by Crippen LogP contribution is 2.27. The minimum absolute atomic E-state index is 0.181. The molecule has 1 atom stereocenters. The summed E-state index contributed by atoms with van der Waals surface area (Å²) in [5, 5.41) is 6.19. The lowest BCUT2D eigenvalue weighted by molar-refractivity contribution is -0.707. The summed E-state index contributed by atoms with van der Waals surface area (Å²) < 4.78 is 5.43. The van der Waals surface area contributed by atoms with Gasteiger partial charge in [0.25, 0.3) is 0 Å². The number of hydrogen-bond acceptors (Lipinski definition) is 2. The van der Waals surface area contributed by atoms with Crippen LogP contribution >= 0.6 is 11.6 Å². The van der Waals surface area contributed by atoms with Gasteiger partial charge in [-0.25, -0.2) is 4.79 Å². The van der Waals surface area contributed by atoms with Crippen LogP contribution in [-0.2, 0) is 6.54 Å². The molecule has 0 amide bonds. The lowest BCUT2D eigenvalue weighted by Crippen LogP contribution is -2.83. The topological polar surface area (TPSA) is 46.8 Å². The monoisotopic (exact) mass is 364 g/mol. The lowest BCUT2D eigenvalue weighted by atomic mass is 10.0. The molecule has 0 fully saturated rings. The van der Waals surface area contributed by atoms with Crippen molar-refractivity contribution < 1.29 is 9.73 Å². The normalized spacial score (nSPS) is 12.5. The molecule has 130 valence electrons. The quantitative estimate of drug-likeness (QED) is 0.430. The first-order valence-electron chi connectivity index (χ1n) is 8.66. The zero-order valence-corrected chi connectivity index (χ0v) is 15.2. The molecule has 0 bridgehead atoms. The van der Waals surface area contributed by atoms with Gasteiger partial charge in [0.05, 0.1) is 0 Å². The van der Waals surface area contributed by atoms with E-state index in [0.29, 0.717) is 12.1 Å². The van der Waals surface area contributed by atoms with E-state index in [0.717, 1.165) is 32.3 Å². The van der Waals surface area contributed by atoms with Gasteiger partial charge in [-0.05, 0) is 29.8 Å². The Morgan fingerprint density at radius 1 is 1.04 bits per heavy atom. The van der Waals surface area contributed by atoms with Gasteiger partial charge < -0.3 is 9.73 Å². The van der Waals surface area contributed by atoms with Crippen LogP contribution in [0.3, 0.4) is 0 Å². The molecule has 2 N–H and O–H groups in total. The van der Waals surface area contributed by atoms with E-state index in [1.807, 2.05) is 48.5 Å². The van der Waals surface area contributed by atoms with E-state index < -0.39 is 0 Å². The number of fused-ring (bicyclic) bond motifs is 3. The Morgan fingerprint density at radius 2 is 1.81 bits per heavy atom. The number of rotatable bonds is 4. The van der Waals surface area contributed by atoms with Crippen molar-refractivity contribution in [2.75, 3.05) is 0 Å². The maximum Gasteiger partial charge on any atom is 0.336 e. The third-order valence-corrected chi connectivity index (χ3v) is 5.15. The van der Waals surface area contributed by atoms with E-state index in [-0.39, 0.29) is 11.7 Å². The van der Waals surface area contributed by atoms with Crippen molar-refractivity contribution in [1.29, 1.82) is 0 Å². The molecule has 3 nitrogen and oxygen atoms in total. The van der Waals surface area contributed by atoms with Gasteiger partial charge in [0.15, 0.2) is 0 Å². The van der Waals surface area contributed by atoms with Gasteiger partial charge >= 0.3 is 5.63 Å². The van der Waals surface area contributed by atoms with Crippen LogP contribution in [0.2, 0.25) is 5.02 Å². The molecule has 0 aliphatic carbocycles. The summed E-state index contributed by atoms with van der Waals surface area (Å²) >= 11 is 6.31. The summed E-state index contributed by atoms with van der Waals surface area (Å²) in [4.78, 5) is 12.0. The smallest absolute Gasteiger partial charge is 0.336 e. The van der Waals surface area contributed by atoms with Crippen LogP contribution in [0.25, 0.3) is 21.7 Å². The van der Waals surface area contributed by atoms with Crippen LogP contribution in [0.15, 0.2) is 75.9 Å². The van der Waals surface area contributed by atoms with Crippen molar-refractivity contribution in [3.63, 3.8) is 0 Å². The second kappa shape index (κ2) is 6.94. The van der Waals surface area contributed by atoms with Crippen LogP contribution in [0.5, 0.6) is 0 Å². The van der Waals surface area contributed by atoms with Crippen LogP contribution < -0.4 is 10.9 Å². The predicted molar refractivity (Wildman–Crippen MR) is 105 cm³/mol. The van der Waals surface area contributed by atoms with Crippen LogP contribution in [0, 0.1) is 0 Å². The van der Waals surface area contributed by atoms with E-state index in [2.05, 4.69) is 24.4 Å². The first-order valence-corrected chi connectivity index (χ1v) is 9.03. The zero-order chi connectivity index (χ0) is 18.1. The average Bonchev–Trinajstić information content (AvgIpc) is 2.65. The largest absolute Gasteiger partial charge is 0.423 e. The predicted octanol–water partition coefficient (Wildman–Crippen LogP) is 4.42. The third kappa shape index (κ3) is 3.12. The van der Waals surface area contributed by atoms with Crippen molar-refractivity contribution in [3.05, 3.63) is 93.3 Å². The number of hydrogen-bond donors (Lipinski definition) is 1. The van der Waals surface area contributed by atoms with Gasteiger partial charge in [-0.1, -0.05) is 60.1 Å². The lowest BCUT2D eigenvalue weighted by Gasteiger charge is -2.14. The highest BCUT2D eigenvalue weighted by molar-refractivity contribution is 6.31. The fourth-order valence-corrected chi connectivity index (χ4v) is 3.76. The minimum atomic E-state index is -0.318. The second-order valence-electron chi connectivity index (χ2n) is 6.50. The highest BCUT2D eigenvalue weighted by Gasteiger charge is 2.15. The average molecular weight is 365 g/mol. The van der Waals surface area contributed by atoms with Crippen LogP contribution in [0.4, 0.5) is 0 Å². The molecular weight excluding hydrogens is 346 g/mol. The fraction of sp³-hybridized carbons (Fsp3) is 0.136. The van der Waals surface area contributed by atoms with Crippen LogP contribution in [-0.4, -0.2) is 0 Å². The Balaban J connectivity index is 1.75. The Morgan fingerprint density at radius 3 is 2.65 bits per heavy atom. The van der Waals surface area contributed by atoms with Crippen molar-refractivity contribution in [1.82, 2.24) is 0 Å². The van der Waals surface area contributed by atoms with Gasteiger partial charge in [0.2, 0.25) is 0 Å². The maximum absolute atomic E-state index is 12.0. The molecule has 1 heterocycles. The van der Waals surface area contributed by atoms with E-state index in [9.17, 15) is 4.79 Å². The standard InChI is InChI=1S/C22H18ClNO2/c1-14(17-7-4-5-9-19(17)23)24-13-16-12-21(25)26-20-11-10-15-6-2-3-8-18(15)22(16)20/h2-12,14,24H,13H2,1H3/p+1/t14-/m0/s1. The number of halogens is 1. The molecule has 1 aromatic heterocycles. The fourth-order valence-electron chi connectivity index (χ4n) is 3.46. The molecule has 4 rings (SSSR count). The van der Waals surface area contributed by atoms with Crippen LogP contribution in [0.1, 0.15) is 24.1 Å². The molecule has 0 aliphatic heterocycles. The molecule has 0 aliphatic rings. The summed E-state index contributed by atoms with van der Waals surface area (Å²) in [6, 6.07) is 21.7. The number of nitrogens with two attached hydrogens (primary N) is 1. The van der Waals surface area contributed by atoms with Crippen molar-refractivity contribution in [3.8, 4) is 0 Å². The highest BCUT2D eigenvalue weighted by atomic mass is 35.5. The third-order valence-electron chi connectivity index (χ3n) is 4.80. The van der Waals surface area contributed by atoms with Gasteiger partial charge in [-0.3, -0.25) is 0 Å². The van der Waals surface area contributed by atoms with E-state index >= 15 is 0 Å².